The molecule has 2 heterocycles. The maximum atomic E-state index is 12.5. The maximum absolute atomic E-state index is 12.5. The van der Waals surface area contributed by atoms with Gasteiger partial charge in [0.25, 0.3) is 0 Å². The van der Waals surface area contributed by atoms with Gasteiger partial charge >= 0.3 is 0 Å². The molecular formula is C16H28N2O. The van der Waals surface area contributed by atoms with E-state index in [4.69, 9.17) is 0 Å². The summed E-state index contributed by atoms with van der Waals surface area (Å²) in [6.45, 7) is 2.22. The molecule has 3 heteroatoms. The van der Waals surface area contributed by atoms with Crippen LogP contribution in [0, 0.1) is 11.8 Å². The minimum Gasteiger partial charge on any atom is -0.353 e. The quantitative estimate of drug-likeness (QED) is 0.819. The zero-order valence-electron chi connectivity index (χ0n) is 12.2. The third-order valence-electron chi connectivity index (χ3n) is 5.62. The Hall–Kier alpha value is -0.570. The molecule has 3 aliphatic rings. The largest absolute Gasteiger partial charge is 0.353 e. The molecule has 2 aliphatic heterocycles. The van der Waals surface area contributed by atoms with Crippen LogP contribution in [-0.4, -0.2) is 24.0 Å². The minimum atomic E-state index is 0.247. The van der Waals surface area contributed by atoms with Gasteiger partial charge in [-0.2, -0.15) is 0 Å². The first-order chi connectivity index (χ1) is 9.28. The number of nitrogens with one attached hydrogen (secondary N) is 2. The van der Waals surface area contributed by atoms with Crippen LogP contribution in [0.4, 0.5) is 0 Å². The van der Waals surface area contributed by atoms with Crippen molar-refractivity contribution in [1.29, 1.82) is 0 Å². The van der Waals surface area contributed by atoms with E-state index in [0.29, 0.717) is 24.0 Å². The molecule has 0 aromatic rings. The summed E-state index contributed by atoms with van der Waals surface area (Å²) in [6.07, 6.45) is 11.3. The van der Waals surface area contributed by atoms with Crippen molar-refractivity contribution in [3.05, 3.63) is 0 Å². The van der Waals surface area contributed by atoms with Gasteiger partial charge in [-0.3, -0.25) is 4.79 Å². The Bertz CT molecular complexity index is 325. The predicted molar refractivity (Wildman–Crippen MR) is 76.8 cm³/mol. The Balaban J connectivity index is 1.55. The topological polar surface area (TPSA) is 41.1 Å². The summed E-state index contributed by atoms with van der Waals surface area (Å²) in [7, 11) is 0. The second kappa shape index (κ2) is 5.82. The molecule has 4 unspecified atom stereocenters. The average Bonchev–Trinajstić information content (AvgIpc) is 3.08. The van der Waals surface area contributed by atoms with Gasteiger partial charge in [0.05, 0.1) is 5.92 Å². The number of rotatable bonds is 4. The van der Waals surface area contributed by atoms with E-state index >= 15 is 0 Å². The summed E-state index contributed by atoms with van der Waals surface area (Å²) in [5.41, 5.74) is 0. The summed E-state index contributed by atoms with van der Waals surface area (Å²) < 4.78 is 0. The third kappa shape index (κ3) is 2.81. The predicted octanol–water partition coefficient (Wildman–Crippen LogP) is 2.60. The van der Waals surface area contributed by atoms with Crippen LogP contribution in [0.5, 0.6) is 0 Å². The highest BCUT2D eigenvalue weighted by Gasteiger charge is 2.43. The SMILES string of the molecule is CCC(NC(=O)C1CC2CCC1N2)C1CCCCC1. The van der Waals surface area contributed by atoms with Crippen molar-refractivity contribution in [3.8, 4) is 0 Å². The van der Waals surface area contributed by atoms with Gasteiger partial charge in [0.1, 0.15) is 0 Å². The fourth-order valence-electron chi connectivity index (χ4n) is 4.49. The lowest BCUT2D eigenvalue weighted by molar-refractivity contribution is -0.126. The normalized spacial score (nSPS) is 36.4. The molecule has 0 radical (unpaired) electrons. The number of carbonyl (C=O) groups is 1. The standard InChI is InChI=1S/C16H28N2O/c1-2-14(11-6-4-3-5-7-11)18-16(19)13-10-12-8-9-15(13)17-12/h11-15,17H,2-10H2,1H3,(H,18,19). The molecule has 0 aromatic carbocycles. The van der Waals surface area contributed by atoms with E-state index in [1.54, 1.807) is 0 Å². The molecule has 0 aromatic heterocycles. The highest BCUT2D eigenvalue weighted by molar-refractivity contribution is 5.80. The molecule has 3 fully saturated rings. The van der Waals surface area contributed by atoms with Crippen molar-refractivity contribution in [2.24, 2.45) is 11.8 Å². The molecule has 3 rings (SSSR count). The van der Waals surface area contributed by atoms with Crippen LogP contribution in [0.15, 0.2) is 0 Å². The van der Waals surface area contributed by atoms with Crippen LogP contribution in [0.1, 0.15) is 64.7 Å². The van der Waals surface area contributed by atoms with Gasteiger partial charge in [0.2, 0.25) is 5.91 Å². The van der Waals surface area contributed by atoms with Crippen LogP contribution < -0.4 is 10.6 Å². The van der Waals surface area contributed by atoms with E-state index < -0.39 is 0 Å². The Labute approximate surface area is 116 Å². The van der Waals surface area contributed by atoms with Gasteiger partial charge in [0.15, 0.2) is 0 Å². The van der Waals surface area contributed by atoms with Crippen molar-refractivity contribution in [2.45, 2.75) is 82.8 Å². The van der Waals surface area contributed by atoms with Gasteiger partial charge in [-0.25, -0.2) is 0 Å². The van der Waals surface area contributed by atoms with Crippen LogP contribution >= 0.6 is 0 Å². The lowest BCUT2D eigenvalue weighted by Gasteiger charge is -2.32. The van der Waals surface area contributed by atoms with Crippen LogP contribution in [0.3, 0.4) is 0 Å². The summed E-state index contributed by atoms with van der Waals surface area (Å²) in [5.74, 6) is 1.31. The molecule has 4 atom stereocenters. The smallest absolute Gasteiger partial charge is 0.224 e. The van der Waals surface area contributed by atoms with Crippen LogP contribution in [0.2, 0.25) is 0 Å². The first-order valence-corrected chi connectivity index (χ1v) is 8.34. The van der Waals surface area contributed by atoms with Gasteiger partial charge in [-0.1, -0.05) is 26.2 Å². The fraction of sp³-hybridized carbons (Fsp3) is 0.938. The monoisotopic (exact) mass is 264 g/mol. The summed E-state index contributed by atoms with van der Waals surface area (Å²) in [4.78, 5) is 12.5. The lowest BCUT2D eigenvalue weighted by atomic mass is 9.82. The van der Waals surface area contributed by atoms with Crippen LogP contribution in [0.25, 0.3) is 0 Å². The second-order valence-electron chi connectivity index (χ2n) is 6.81. The first-order valence-electron chi connectivity index (χ1n) is 8.34. The minimum absolute atomic E-state index is 0.247. The molecule has 2 N–H and O–H groups in total. The van der Waals surface area contributed by atoms with Gasteiger partial charge in [-0.05, 0) is 44.4 Å². The van der Waals surface area contributed by atoms with Gasteiger partial charge in [0, 0.05) is 18.1 Å². The van der Waals surface area contributed by atoms with Gasteiger partial charge < -0.3 is 10.6 Å². The van der Waals surface area contributed by atoms with E-state index in [9.17, 15) is 4.79 Å². The number of amides is 1. The average molecular weight is 264 g/mol. The Kier molecular flexibility index (Phi) is 4.11. The van der Waals surface area contributed by atoms with E-state index in [1.807, 2.05) is 0 Å². The van der Waals surface area contributed by atoms with E-state index in [0.717, 1.165) is 18.8 Å². The number of fused-ring (bicyclic) bond motifs is 2. The Morgan fingerprint density at radius 2 is 2.00 bits per heavy atom. The van der Waals surface area contributed by atoms with Crippen molar-refractivity contribution in [2.75, 3.05) is 0 Å². The zero-order valence-corrected chi connectivity index (χ0v) is 12.2. The van der Waals surface area contributed by atoms with Crippen LogP contribution in [-0.2, 0) is 4.79 Å². The molecule has 3 nitrogen and oxygen atoms in total. The third-order valence-corrected chi connectivity index (χ3v) is 5.62. The molecule has 108 valence electrons. The molecule has 1 saturated carbocycles. The zero-order chi connectivity index (χ0) is 13.2. The number of hydrogen-bond acceptors (Lipinski definition) is 2. The summed E-state index contributed by atoms with van der Waals surface area (Å²) in [5, 5.41) is 6.95. The molecule has 1 amide bonds. The first kappa shape index (κ1) is 13.4. The second-order valence-corrected chi connectivity index (χ2v) is 6.81. The van der Waals surface area contributed by atoms with Crippen molar-refractivity contribution in [1.82, 2.24) is 10.6 Å². The Morgan fingerprint density at radius 3 is 2.58 bits per heavy atom. The summed E-state index contributed by atoms with van der Waals surface area (Å²) in [6, 6.07) is 1.51. The number of carbonyl (C=O) groups excluding carboxylic acids is 1. The summed E-state index contributed by atoms with van der Waals surface area (Å²) >= 11 is 0. The van der Waals surface area contributed by atoms with Crippen molar-refractivity contribution >= 4 is 5.91 Å². The highest BCUT2D eigenvalue weighted by atomic mass is 16.2. The molecule has 19 heavy (non-hydrogen) atoms. The highest BCUT2D eigenvalue weighted by Crippen LogP contribution is 2.34. The maximum Gasteiger partial charge on any atom is 0.224 e. The van der Waals surface area contributed by atoms with E-state index in [-0.39, 0.29) is 5.92 Å². The number of hydrogen-bond donors (Lipinski definition) is 2. The van der Waals surface area contributed by atoms with E-state index in [2.05, 4.69) is 17.6 Å². The van der Waals surface area contributed by atoms with E-state index in [1.165, 1.54) is 44.9 Å². The molecule has 0 spiro atoms. The molecule has 2 bridgehead atoms. The lowest BCUT2D eigenvalue weighted by Crippen LogP contribution is -2.46. The van der Waals surface area contributed by atoms with Crippen molar-refractivity contribution < 1.29 is 4.79 Å². The Morgan fingerprint density at radius 1 is 1.21 bits per heavy atom. The van der Waals surface area contributed by atoms with Crippen molar-refractivity contribution in [3.63, 3.8) is 0 Å². The molecule has 1 aliphatic carbocycles. The molecule has 2 saturated heterocycles. The fourth-order valence-corrected chi connectivity index (χ4v) is 4.49. The molecular weight excluding hydrogens is 236 g/mol. The van der Waals surface area contributed by atoms with Gasteiger partial charge in [-0.15, -0.1) is 0 Å².